The Bertz CT molecular complexity index is 1010. The molecule has 2 aromatic carbocycles. The highest BCUT2D eigenvalue weighted by molar-refractivity contribution is 5.91. The number of esters is 1. The molecule has 228 valence electrons. The van der Waals surface area contributed by atoms with Crippen molar-refractivity contribution in [3.63, 3.8) is 0 Å². The van der Waals surface area contributed by atoms with Gasteiger partial charge in [-0.1, -0.05) is 116 Å². The van der Waals surface area contributed by atoms with Gasteiger partial charge in [-0.2, -0.15) is 4.39 Å². The van der Waals surface area contributed by atoms with E-state index in [0.29, 0.717) is 30.3 Å². The number of benzene rings is 2. The minimum Gasteiger partial charge on any atom is -0.494 e. The average molecular weight is 571 g/mol. The molecule has 1 aliphatic carbocycles. The van der Waals surface area contributed by atoms with Crippen LogP contribution < -0.4 is 9.47 Å². The Morgan fingerprint density at radius 3 is 1.95 bits per heavy atom. The SMILES string of the molecule is CCCCCCCCOc1ccc(C(=O)Oc2ccc(CCC3CCC(CCCCCCC)CC3)c(F)c2F)cc1. The first kappa shape index (κ1) is 33.1. The first-order valence-electron chi connectivity index (χ1n) is 16.4. The summed E-state index contributed by atoms with van der Waals surface area (Å²) < 4.78 is 40.6. The van der Waals surface area contributed by atoms with E-state index in [0.717, 1.165) is 25.2 Å². The Balaban J connectivity index is 1.39. The Labute approximate surface area is 247 Å². The van der Waals surface area contributed by atoms with E-state index in [4.69, 9.17) is 9.47 Å². The van der Waals surface area contributed by atoms with Crippen LogP contribution in [0.5, 0.6) is 11.5 Å². The molecule has 0 bridgehead atoms. The van der Waals surface area contributed by atoms with Crippen molar-refractivity contribution >= 4 is 5.97 Å². The Morgan fingerprint density at radius 1 is 0.707 bits per heavy atom. The second kappa shape index (κ2) is 18.9. The van der Waals surface area contributed by atoms with Crippen molar-refractivity contribution in [2.24, 2.45) is 11.8 Å². The summed E-state index contributed by atoms with van der Waals surface area (Å²) in [6.07, 6.45) is 21.4. The summed E-state index contributed by atoms with van der Waals surface area (Å²) in [5, 5.41) is 0. The number of hydrogen-bond donors (Lipinski definition) is 0. The minimum absolute atomic E-state index is 0.261. The topological polar surface area (TPSA) is 35.5 Å². The molecule has 0 radical (unpaired) electrons. The number of rotatable bonds is 19. The molecule has 0 saturated heterocycles. The van der Waals surface area contributed by atoms with Gasteiger partial charge in [0.2, 0.25) is 5.82 Å². The molecule has 0 unspecified atom stereocenters. The maximum absolute atomic E-state index is 14.9. The summed E-state index contributed by atoms with van der Waals surface area (Å²) in [4.78, 5) is 12.6. The lowest BCUT2D eigenvalue weighted by atomic mass is 9.77. The highest BCUT2D eigenvalue weighted by atomic mass is 19.2. The quantitative estimate of drug-likeness (QED) is 0.0957. The maximum Gasteiger partial charge on any atom is 0.343 e. The molecule has 0 spiro atoms. The molecule has 3 rings (SSSR count). The van der Waals surface area contributed by atoms with E-state index in [1.54, 1.807) is 30.3 Å². The van der Waals surface area contributed by atoms with Crippen LogP contribution in [0.2, 0.25) is 0 Å². The van der Waals surface area contributed by atoms with E-state index in [-0.39, 0.29) is 11.3 Å². The summed E-state index contributed by atoms with van der Waals surface area (Å²) >= 11 is 0. The summed E-state index contributed by atoms with van der Waals surface area (Å²) in [6.45, 7) is 5.09. The van der Waals surface area contributed by atoms with Crippen LogP contribution in [0, 0.1) is 23.5 Å². The number of unbranched alkanes of at least 4 members (excludes halogenated alkanes) is 9. The van der Waals surface area contributed by atoms with Gasteiger partial charge in [0.25, 0.3) is 0 Å². The fraction of sp³-hybridized carbons (Fsp3) is 0.639. The number of halogens is 2. The summed E-state index contributed by atoms with van der Waals surface area (Å²) in [5.74, 6) is -1.02. The smallest absolute Gasteiger partial charge is 0.343 e. The largest absolute Gasteiger partial charge is 0.494 e. The Kier molecular flexibility index (Phi) is 15.2. The van der Waals surface area contributed by atoms with Gasteiger partial charge in [0.05, 0.1) is 12.2 Å². The van der Waals surface area contributed by atoms with E-state index in [1.807, 2.05) is 0 Å². The molecule has 0 amide bonds. The van der Waals surface area contributed by atoms with Crippen molar-refractivity contribution in [3.8, 4) is 11.5 Å². The average Bonchev–Trinajstić information content (AvgIpc) is 2.99. The van der Waals surface area contributed by atoms with Gasteiger partial charge in [-0.15, -0.1) is 0 Å². The molecule has 41 heavy (non-hydrogen) atoms. The van der Waals surface area contributed by atoms with Gasteiger partial charge in [-0.3, -0.25) is 0 Å². The summed E-state index contributed by atoms with van der Waals surface area (Å²) in [7, 11) is 0. The highest BCUT2D eigenvalue weighted by Gasteiger charge is 2.23. The van der Waals surface area contributed by atoms with Crippen molar-refractivity contribution in [1.29, 1.82) is 0 Å². The fourth-order valence-corrected chi connectivity index (χ4v) is 5.97. The number of hydrogen-bond acceptors (Lipinski definition) is 3. The molecule has 1 aliphatic rings. The third kappa shape index (κ3) is 11.8. The van der Waals surface area contributed by atoms with Crippen LogP contribution >= 0.6 is 0 Å². The van der Waals surface area contributed by atoms with Gasteiger partial charge in [-0.25, -0.2) is 9.18 Å². The second-order valence-corrected chi connectivity index (χ2v) is 12.0. The molecule has 1 saturated carbocycles. The number of aryl methyl sites for hydroxylation is 1. The van der Waals surface area contributed by atoms with Crippen LogP contribution in [0.4, 0.5) is 8.78 Å². The van der Waals surface area contributed by atoms with Crippen LogP contribution in [-0.2, 0) is 6.42 Å². The van der Waals surface area contributed by atoms with E-state index in [2.05, 4.69) is 13.8 Å². The molecule has 3 nitrogen and oxygen atoms in total. The molecule has 0 aliphatic heterocycles. The molecular formula is C36H52F2O3. The maximum atomic E-state index is 14.9. The molecule has 0 heterocycles. The molecule has 0 N–H and O–H groups in total. The summed E-state index contributed by atoms with van der Waals surface area (Å²) in [5.41, 5.74) is 0.615. The highest BCUT2D eigenvalue weighted by Crippen LogP contribution is 2.35. The van der Waals surface area contributed by atoms with Gasteiger partial charge in [0, 0.05) is 0 Å². The van der Waals surface area contributed by atoms with E-state index < -0.39 is 17.6 Å². The van der Waals surface area contributed by atoms with Gasteiger partial charge in [-0.05, 0) is 67.0 Å². The van der Waals surface area contributed by atoms with Crippen molar-refractivity contribution in [3.05, 3.63) is 59.2 Å². The van der Waals surface area contributed by atoms with Gasteiger partial charge >= 0.3 is 5.97 Å². The van der Waals surface area contributed by atoms with Crippen molar-refractivity contribution < 1.29 is 23.0 Å². The zero-order chi connectivity index (χ0) is 29.3. The van der Waals surface area contributed by atoms with Crippen LogP contribution in [0.15, 0.2) is 36.4 Å². The molecule has 1 fully saturated rings. The lowest BCUT2D eigenvalue weighted by Gasteiger charge is -2.28. The van der Waals surface area contributed by atoms with Gasteiger partial charge < -0.3 is 9.47 Å². The lowest BCUT2D eigenvalue weighted by Crippen LogP contribution is -2.15. The molecule has 2 aromatic rings. The van der Waals surface area contributed by atoms with Crippen LogP contribution in [0.25, 0.3) is 0 Å². The first-order valence-corrected chi connectivity index (χ1v) is 16.4. The van der Waals surface area contributed by atoms with E-state index >= 15 is 0 Å². The zero-order valence-electron chi connectivity index (χ0n) is 25.5. The standard InChI is InChI=1S/C36H52F2O3/c1-3-5-7-9-11-13-27-40-32-24-21-31(22-25-32)36(39)41-33-26-23-30(34(37)35(33)38)20-19-29-17-15-28(16-18-29)14-12-10-8-6-4-2/h21-26,28-29H,3-20,27H2,1-2H3. The Morgan fingerprint density at radius 2 is 1.29 bits per heavy atom. The summed E-state index contributed by atoms with van der Waals surface area (Å²) in [6, 6.07) is 9.51. The third-order valence-corrected chi connectivity index (χ3v) is 8.69. The van der Waals surface area contributed by atoms with E-state index in [1.165, 1.54) is 96.0 Å². The second-order valence-electron chi connectivity index (χ2n) is 12.0. The van der Waals surface area contributed by atoms with Crippen LogP contribution in [-0.4, -0.2) is 12.6 Å². The third-order valence-electron chi connectivity index (χ3n) is 8.69. The molecule has 5 heteroatoms. The van der Waals surface area contributed by atoms with Crippen LogP contribution in [0.3, 0.4) is 0 Å². The van der Waals surface area contributed by atoms with Gasteiger partial charge in [0.1, 0.15) is 5.75 Å². The molecule has 0 aromatic heterocycles. The van der Waals surface area contributed by atoms with E-state index in [9.17, 15) is 13.6 Å². The minimum atomic E-state index is -1.10. The molecule has 0 atom stereocenters. The monoisotopic (exact) mass is 570 g/mol. The predicted molar refractivity (Wildman–Crippen MR) is 164 cm³/mol. The van der Waals surface area contributed by atoms with Crippen molar-refractivity contribution in [2.75, 3.05) is 6.61 Å². The number of ether oxygens (including phenoxy) is 2. The Hall–Kier alpha value is -2.43. The molecular weight excluding hydrogens is 518 g/mol. The predicted octanol–water partition coefficient (Wildman–Crippen LogP) is 11.0. The lowest BCUT2D eigenvalue weighted by molar-refractivity contribution is 0.0726. The van der Waals surface area contributed by atoms with Crippen molar-refractivity contribution in [2.45, 2.75) is 129 Å². The van der Waals surface area contributed by atoms with Crippen LogP contribution in [0.1, 0.15) is 139 Å². The number of carbonyl (C=O) groups excluding carboxylic acids is 1. The van der Waals surface area contributed by atoms with Gasteiger partial charge in [0.15, 0.2) is 11.6 Å². The van der Waals surface area contributed by atoms with Crippen molar-refractivity contribution in [1.82, 2.24) is 0 Å². The normalized spacial score (nSPS) is 17.0. The fourth-order valence-electron chi connectivity index (χ4n) is 5.97. The number of carbonyl (C=O) groups is 1. The zero-order valence-corrected chi connectivity index (χ0v) is 25.5. The first-order chi connectivity index (χ1) is 20.0.